The fourth-order valence-corrected chi connectivity index (χ4v) is 1.88. The molecular formula is C16H17NO. The van der Waals surface area contributed by atoms with E-state index >= 15 is 0 Å². The number of anilines is 1. The number of nitrogens with one attached hydrogen (secondary N) is 1. The van der Waals surface area contributed by atoms with Crippen molar-refractivity contribution in [3.8, 4) is 11.5 Å². The fraction of sp³-hybridized carbons (Fsp3) is 0.250. The first kappa shape index (κ1) is 11.1. The second-order valence-electron chi connectivity index (χ2n) is 4.77. The Labute approximate surface area is 108 Å². The van der Waals surface area contributed by atoms with E-state index in [1.807, 2.05) is 42.5 Å². The molecule has 0 unspecified atom stereocenters. The fourth-order valence-electron chi connectivity index (χ4n) is 1.88. The van der Waals surface area contributed by atoms with E-state index in [1.54, 1.807) is 0 Å². The summed E-state index contributed by atoms with van der Waals surface area (Å²) in [6.07, 6.45) is 2.74. The highest BCUT2D eigenvalue weighted by Gasteiger charge is 2.20. The first-order chi connectivity index (χ1) is 8.90. The Hall–Kier alpha value is -1.96. The molecule has 0 radical (unpaired) electrons. The third-order valence-corrected chi connectivity index (χ3v) is 3.10. The molecule has 92 valence electrons. The molecule has 2 heteroatoms. The lowest BCUT2D eigenvalue weighted by Gasteiger charge is -2.09. The number of hydrogen-bond donors (Lipinski definition) is 1. The summed E-state index contributed by atoms with van der Waals surface area (Å²) in [5, 5.41) is 3.45. The van der Waals surface area contributed by atoms with Crippen LogP contribution < -0.4 is 10.1 Å². The Balaban J connectivity index is 1.66. The van der Waals surface area contributed by atoms with Gasteiger partial charge in [-0.25, -0.2) is 0 Å². The van der Waals surface area contributed by atoms with E-state index in [4.69, 9.17) is 4.74 Å². The van der Waals surface area contributed by atoms with Gasteiger partial charge in [-0.3, -0.25) is 0 Å². The standard InChI is InChI=1S/C16H17NO/c1-2-6-15(7-3-1)18-16-8-4-5-14(11-16)17-12-13-9-10-13/h1-8,11,13,17H,9-10,12H2. The van der Waals surface area contributed by atoms with Crippen LogP contribution in [0.25, 0.3) is 0 Å². The molecule has 1 aliphatic rings. The van der Waals surface area contributed by atoms with Gasteiger partial charge in [0.1, 0.15) is 11.5 Å². The topological polar surface area (TPSA) is 21.3 Å². The Morgan fingerprint density at radius 1 is 0.944 bits per heavy atom. The van der Waals surface area contributed by atoms with Crippen molar-refractivity contribution in [2.45, 2.75) is 12.8 Å². The van der Waals surface area contributed by atoms with Crippen molar-refractivity contribution in [3.05, 3.63) is 54.6 Å². The Morgan fingerprint density at radius 2 is 1.72 bits per heavy atom. The zero-order chi connectivity index (χ0) is 12.2. The predicted molar refractivity (Wildman–Crippen MR) is 74.2 cm³/mol. The van der Waals surface area contributed by atoms with E-state index in [0.29, 0.717) is 0 Å². The molecular weight excluding hydrogens is 222 g/mol. The van der Waals surface area contributed by atoms with Gasteiger partial charge in [0.25, 0.3) is 0 Å². The maximum absolute atomic E-state index is 5.80. The summed E-state index contributed by atoms with van der Waals surface area (Å²) in [4.78, 5) is 0. The molecule has 1 N–H and O–H groups in total. The van der Waals surface area contributed by atoms with E-state index in [0.717, 1.165) is 29.6 Å². The molecule has 0 bridgehead atoms. The van der Waals surface area contributed by atoms with Gasteiger partial charge in [-0.1, -0.05) is 24.3 Å². The highest BCUT2D eigenvalue weighted by atomic mass is 16.5. The number of ether oxygens (including phenoxy) is 1. The van der Waals surface area contributed by atoms with Gasteiger partial charge < -0.3 is 10.1 Å². The molecule has 3 rings (SSSR count). The maximum Gasteiger partial charge on any atom is 0.129 e. The summed E-state index contributed by atoms with van der Waals surface area (Å²) < 4.78 is 5.80. The Morgan fingerprint density at radius 3 is 2.50 bits per heavy atom. The minimum Gasteiger partial charge on any atom is -0.457 e. The van der Waals surface area contributed by atoms with E-state index < -0.39 is 0 Å². The van der Waals surface area contributed by atoms with Crippen LogP contribution in [0.4, 0.5) is 5.69 Å². The Bertz CT molecular complexity index is 506. The molecule has 1 saturated carbocycles. The highest BCUT2D eigenvalue weighted by Crippen LogP contribution is 2.30. The molecule has 0 amide bonds. The van der Waals surface area contributed by atoms with Gasteiger partial charge >= 0.3 is 0 Å². The van der Waals surface area contributed by atoms with Crippen LogP contribution in [0.5, 0.6) is 11.5 Å². The van der Waals surface area contributed by atoms with Crippen LogP contribution in [0.1, 0.15) is 12.8 Å². The molecule has 18 heavy (non-hydrogen) atoms. The van der Waals surface area contributed by atoms with E-state index in [2.05, 4.69) is 17.4 Å². The first-order valence-corrected chi connectivity index (χ1v) is 6.47. The maximum atomic E-state index is 5.80. The third kappa shape index (κ3) is 3.04. The zero-order valence-corrected chi connectivity index (χ0v) is 10.3. The van der Waals surface area contributed by atoms with Gasteiger partial charge in [-0.05, 0) is 43.0 Å². The lowest BCUT2D eigenvalue weighted by atomic mass is 10.3. The van der Waals surface area contributed by atoms with Gasteiger partial charge in [0, 0.05) is 18.3 Å². The number of benzene rings is 2. The molecule has 2 aromatic carbocycles. The monoisotopic (exact) mass is 239 g/mol. The van der Waals surface area contributed by atoms with Gasteiger partial charge in [-0.2, -0.15) is 0 Å². The molecule has 1 fully saturated rings. The number of rotatable bonds is 5. The highest BCUT2D eigenvalue weighted by molar-refractivity contribution is 5.49. The molecule has 1 aliphatic carbocycles. The van der Waals surface area contributed by atoms with Crippen LogP contribution in [-0.4, -0.2) is 6.54 Å². The number of para-hydroxylation sites is 1. The second kappa shape index (κ2) is 5.13. The summed E-state index contributed by atoms with van der Waals surface area (Å²) >= 11 is 0. The minimum atomic E-state index is 0.872. The normalized spacial score (nSPS) is 14.2. The summed E-state index contributed by atoms with van der Waals surface area (Å²) in [5.41, 5.74) is 1.13. The van der Waals surface area contributed by atoms with Crippen molar-refractivity contribution in [1.29, 1.82) is 0 Å². The SMILES string of the molecule is c1ccc(Oc2cccc(NCC3CC3)c2)cc1. The van der Waals surface area contributed by atoms with Crippen molar-refractivity contribution in [2.24, 2.45) is 5.92 Å². The van der Waals surface area contributed by atoms with E-state index in [9.17, 15) is 0 Å². The molecule has 0 atom stereocenters. The summed E-state index contributed by atoms with van der Waals surface area (Å²) in [6.45, 7) is 1.08. The lowest BCUT2D eigenvalue weighted by Crippen LogP contribution is -2.02. The van der Waals surface area contributed by atoms with E-state index in [1.165, 1.54) is 12.8 Å². The minimum absolute atomic E-state index is 0.872. The molecule has 0 aliphatic heterocycles. The number of hydrogen-bond acceptors (Lipinski definition) is 2. The second-order valence-corrected chi connectivity index (χ2v) is 4.77. The molecule has 2 nitrogen and oxygen atoms in total. The van der Waals surface area contributed by atoms with Crippen LogP contribution in [0.2, 0.25) is 0 Å². The first-order valence-electron chi connectivity index (χ1n) is 6.47. The summed E-state index contributed by atoms with van der Waals surface area (Å²) in [5.74, 6) is 2.63. The third-order valence-electron chi connectivity index (χ3n) is 3.10. The average Bonchev–Trinajstić information content (AvgIpc) is 3.22. The molecule has 0 saturated heterocycles. The smallest absolute Gasteiger partial charge is 0.129 e. The Kier molecular flexibility index (Phi) is 3.18. The van der Waals surface area contributed by atoms with Gasteiger partial charge in [-0.15, -0.1) is 0 Å². The summed E-state index contributed by atoms with van der Waals surface area (Å²) in [6, 6.07) is 18.0. The zero-order valence-electron chi connectivity index (χ0n) is 10.3. The van der Waals surface area contributed by atoms with Crippen LogP contribution in [0.3, 0.4) is 0 Å². The molecule has 2 aromatic rings. The van der Waals surface area contributed by atoms with Gasteiger partial charge in [0.2, 0.25) is 0 Å². The predicted octanol–water partition coefficient (Wildman–Crippen LogP) is 4.30. The van der Waals surface area contributed by atoms with Crippen molar-refractivity contribution in [3.63, 3.8) is 0 Å². The summed E-state index contributed by atoms with van der Waals surface area (Å²) in [7, 11) is 0. The average molecular weight is 239 g/mol. The van der Waals surface area contributed by atoms with E-state index in [-0.39, 0.29) is 0 Å². The van der Waals surface area contributed by atoms with Crippen molar-refractivity contribution < 1.29 is 4.74 Å². The van der Waals surface area contributed by atoms with Gasteiger partial charge in [0.05, 0.1) is 0 Å². The molecule has 0 spiro atoms. The van der Waals surface area contributed by atoms with Crippen molar-refractivity contribution >= 4 is 5.69 Å². The van der Waals surface area contributed by atoms with Crippen LogP contribution in [-0.2, 0) is 0 Å². The van der Waals surface area contributed by atoms with Crippen molar-refractivity contribution in [2.75, 3.05) is 11.9 Å². The van der Waals surface area contributed by atoms with Crippen LogP contribution >= 0.6 is 0 Å². The van der Waals surface area contributed by atoms with Gasteiger partial charge in [0.15, 0.2) is 0 Å². The largest absolute Gasteiger partial charge is 0.457 e. The van der Waals surface area contributed by atoms with Crippen molar-refractivity contribution in [1.82, 2.24) is 0 Å². The molecule has 0 heterocycles. The molecule has 0 aromatic heterocycles. The van der Waals surface area contributed by atoms with Crippen LogP contribution in [0, 0.1) is 5.92 Å². The van der Waals surface area contributed by atoms with Crippen LogP contribution in [0.15, 0.2) is 54.6 Å². The lowest BCUT2D eigenvalue weighted by molar-refractivity contribution is 0.483. The quantitative estimate of drug-likeness (QED) is 0.839.